The van der Waals surface area contributed by atoms with Gasteiger partial charge in [0.1, 0.15) is 0 Å². The fourth-order valence-electron chi connectivity index (χ4n) is 3.46. The predicted octanol–water partition coefficient (Wildman–Crippen LogP) is 3.95. The van der Waals surface area contributed by atoms with Crippen LogP contribution < -0.4 is 21.3 Å². The Morgan fingerprint density at radius 2 is 1.87 bits per heavy atom. The van der Waals surface area contributed by atoms with Crippen LogP contribution in [0.2, 0.25) is 0 Å². The van der Waals surface area contributed by atoms with E-state index in [2.05, 4.69) is 39.5 Å². The molecule has 0 aliphatic carbocycles. The summed E-state index contributed by atoms with van der Waals surface area (Å²) < 4.78 is 0. The Bertz CT molecular complexity index is 908. The van der Waals surface area contributed by atoms with Gasteiger partial charge < -0.3 is 21.3 Å². The van der Waals surface area contributed by atoms with Crippen molar-refractivity contribution in [2.75, 3.05) is 18.4 Å². The van der Waals surface area contributed by atoms with Crippen molar-refractivity contribution in [2.45, 2.75) is 45.7 Å². The lowest BCUT2D eigenvalue weighted by Crippen LogP contribution is -2.43. The lowest BCUT2D eigenvalue weighted by molar-refractivity contribution is 0.0949. The van der Waals surface area contributed by atoms with Crippen LogP contribution in [-0.2, 0) is 6.42 Å². The maximum absolute atomic E-state index is 12.7. The first-order valence-electron chi connectivity index (χ1n) is 10.0. The van der Waals surface area contributed by atoms with E-state index >= 15 is 0 Å². The minimum Gasteiger partial charge on any atom is -0.350 e. The molecule has 0 aromatic heterocycles. The summed E-state index contributed by atoms with van der Waals surface area (Å²) in [6, 6.07) is 13.5. The molecule has 2 aromatic rings. The molecule has 0 saturated carbocycles. The second kappa shape index (κ2) is 9.96. The Labute approximate surface area is 184 Å². The molecular formula is C23H31ClN4O2. The van der Waals surface area contributed by atoms with E-state index in [1.54, 1.807) is 12.1 Å². The van der Waals surface area contributed by atoms with Crippen LogP contribution in [0.3, 0.4) is 0 Å². The predicted molar refractivity (Wildman–Crippen MR) is 124 cm³/mol. The van der Waals surface area contributed by atoms with Gasteiger partial charge in [-0.05, 0) is 69.5 Å². The number of carbonyl (C=O) groups excluding carboxylic acids is 2. The zero-order valence-corrected chi connectivity index (χ0v) is 18.8. The van der Waals surface area contributed by atoms with Crippen molar-refractivity contribution in [1.29, 1.82) is 0 Å². The van der Waals surface area contributed by atoms with Gasteiger partial charge in [0.2, 0.25) is 0 Å². The van der Waals surface area contributed by atoms with Crippen LogP contribution >= 0.6 is 12.4 Å². The number of rotatable bonds is 4. The van der Waals surface area contributed by atoms with E-state index < -0.39 is 0 Å². The van der Waals surface area contributed by atoms with E-state index in [1.165, 1.54) is 11.1 Å². The number of benzene rings is 2. The molecule has 2 aromatic carbocycles. The largest absolute Gasteiger partial charge is 0.350 e. The summed E-state index contributed by atoms with van der Waals surface area (Å²) in [5.41, 5.74) is 4.28. The number of amides is 3. The number of carbonyl (C=O) groups is 2. The molecule has 3 amide bonds. The number of anilines is 1. The Kier molecular flexibility index (Phi) is 7.87. The standard InChI is InChI=1S/C23H30N4O2.ClH/c1-15-9-10-17(13-19(15)26-22(29)27-23(2,3)4)21(28)25-14-20-18-8-6-5-7-16(18)11-12-24-20;/h5-10,13,20,24H,11-12,14H2,1-4H3,(H,25,28)(H2,26,27,29);1H. The Balaban J connectivity index is 0.00000320. The minimum atomic E-state index is -0.337. The number of hydrogen-bond donors (Lipinski definition) is 4. The molecule has 1 heterocycles. The molecule has 7 heteroatoms. The summed E-state index contributed by atoms with van der Waals surface area (Å²) in [6.07, 6.45) is 1.00. The molecule has 0 fully saturated rings. The molecule has 4 N–H and O–H groups in total. The first-order valence-corrected chi connectivity index (χ1v) is 10.0. The van der Waals surface area contributed by atoms with Crippen molar-refractivity contribution in [2.24, 2.45) is 0 Å². The van der Waals surface area contributed by atoms with Crippen LogP contribution in [0.1, 0.15) is 53.9 Å². The van der Waals surface area contributed by atoms with Crippen molar-refractivity contribution in [3.8, 4) is 0 Å². The summed E-state index contributed by atoms with van der Waals surface area (Å²) in [7, 11) is 0. The van der Waals surface area contributed by atoms with Gasteiger partial charge in [-0.25, -0.2) is 4.79 Å². The van der Waals surface area contributed by atoms with E-state index in [1.807, 2.05) is 39.8 Å². The quantitative estimate of drug-likeness (QED) is 0.592. The van der Waals surface area contributed by atoms with Crippen LogP contribution in [-0.4, -0.2) is 30.6 Å². The molecule has 1 aliphatic heterocycles. The highest BCUT2D eigenvalue weighted by molar-refractivity contribution is 5.97. The number of hydrogen-bond acceptors (Lipinski definition) is 3. The molecule has 1 unspecified atom stereocenters. The average molecular weight is 431 g/mol. The first kappa shape index (κ1) is 23.7. The Hall–Kier alpha value is -2.57. The molecule has 1 aliphatic rings. The number of urea groups is 1. The summed E-state index contributed by atoms with van der Waals surface area (Å²) in [5, 5.41) is 12.2. The van der Waals surface area contributed by atoms with Crippen LogP contribution in [0.25, 0.3) is 0 Å². The fraction of sp³-hybridized carbons (Fsp3) is 0.391. The van der Waals surface area contributed by atoms with Crippen molar-refractivity contribution < 1.29 is 9.59 Å². The smallest absolute Gasteiger partial charge is 0.319 e. The van der Waals surface area contributed by atoms with Crippen LogP contribution in [0.5, 0.6) is 0 Å². The van der Waals surface area contributed by atoms with Crippen LogP contribution in [0.15, 0.2) is 42.5 Å². The molecule has 30 heavy (non-hydrogen) atoms. The third-order valence-electron chi connectivity index (χ3n) is 4.92. The third kappa shape index (κ3) is 6.21. The van der Waals surface area contributed by atoms with E-state index in [0.29, 0.717) is 17.8 Å². The molecule has 6 nitrogen and oxygen atoms in total. The second-order valence-electron chi connectivity index (χ2n) is 8.52. The molecule has 1 atom stereocenters. The lowest BCUT2D eigenvalue weighted by Gasteiger charge is -2.27. The second-order valence-corrected chi connectivity index (χ2v) is 8.52. The molecule has 3 rings (SSSR count). The van der Waals surface area contributed by atoms with Crippen molar-refractivity contribution in [3.05, 3.63) is 64.7 Å². The highest BCUT2D eigenvalue weighted by Crippen LogP contribution is 2.22. The van der Waals surface area contributed by atoms with Gasteiger partial charge in [0.15, 0.2) is 0 Å². The number of halogens is 1. The molecular weight excluding hydrogens is 400 g/mol. The zero-order valence-electron chi connectivity index (χ0n) is 18.0. The maximum Gasteiger partial charge on any atom is 0.319 e. The van der Waals surface area contributed by atoms with E-state index in [9.17, 15) is 9.59 Å². The van der Waals surface area contributed by atoms with Gasteiger partial charge >= 0.3 is 6.03 Å². The highest BCUT2D eigenvalue weighted by atomic mass is 35.5. The lowest BCUT2D eigenvalue weighted by atomic mass is 9.94. The van der Waals surface area contributed by atoms with E-state index in [4.69, 9.17) is 0 Å². The van der Waals surface area contributed by atoms with Crippen LogP contribution in [0, 0.1) is 6.92 Å². The maximum atomic E-state index is 12.7. The first-order chi connectivity index (χ1) is 13.7. The number of fused-ring (bicyclic) bond motifs is 1. The van der Waals surface area contributed by atoms with Gasteiger partial charge in [-0.3, -0.25) is 4.79 Å². The third-order valence-corrected chi connectivity index (χ3v) is 4.92. The minimum absolute atomic E-state index is 0. The Morgan fingerprint density at radius 1 is 1.13 bits per heavy atom. The normalized spacial score (nSPS) is 15.4. The van der Waals surface area contributed by atoms with E-state index in [-0.39, 0.29) is 35.9 Å². The Morgan fingerprint density at radius 3 is 2.60 bits per heavy atom. The summed E-state index contributed by atoms with van der Waals surface area (Å²) in [6.45, 7) is 9.07. The molecule has 0 saturated heterocycles. The number of aryl methyl sites for hydroxylation is 1. The van der Waals surface area contributed by atoms with Crippen LogP contribution in [0.4, 0.5) is 10.5 Å². The highest BCUT2D eigenvalue weighted by Gasteiger charge is 2.20. The molecule has 0 radical (unpaired) electrons. The van der Waals surface area contributed by atoms with Gasteiger partial charge in [-0.15, -0.1) is 12.4 Å². The van der Waals surface area contributed by atoms with Crippen molar-refractivity contribution >= 4 is 30.0 Å². The van der Waals surface area contributed by atoms with Gasteiger partial charge in [0.05, 0.1) is 0 Å². The van der Waals surface area contributed by atoms with E-state index in [0.717, 1.165) is 18.5 Å². The molecule has 0 bridgehead atoms. The summed E-state index contributed by atoms with van der Waals surface area (Å²) in [4.78, 5) is 24.9. The topological polar surface area (TPSA) is 82.3 Å². The SMILES string of the molecule is Cc1ccc(C(=O)NCC2NCCc3ccccc32)cc1NC(=O)NC(C)(C)C.Cl. The summed E-state index contributed by atoms with van der Waals surface area (Å²) >= 11 is 0. The van der Waals surface area contributed by atoms with Gasteiger partial charge in [-0.2, -0.15) is 0 Å². The molecule has 162 valence electrons. The fourth-order valence-corrected chi connectivity index (χ4v) is 3.46. The zero-order chi connectivity index (χ0) is 21.0. The monoisotopic (exact) mass is 430 g/mol. The average Bonchev–Trinajstić information content (AvgIpc) is 2.66. The summed E-state index contributed by atoms with van der Waals surface area (Å²) in [5.74, 6) is -0.158. The molecule has 0 spiro atoms. The van der Waals surface area contributed by atoms with Gasteiger partial charge in [0.25, 0.3) is 5.91 Å². The number of nitrogens with one attached hydrogen (secondary N) is 4. The van der Waals surface area contributed by atoms with Crippen molar-refractivity contribution in [3.63, 3.8) is 0 Å². The van der Waals surface area contributed by atoms with Gasteiger partial charge in [-0.1, -0.05) is 30.3 Å². The van der Waals surface area contributed by atoms with Crippen molar-refractivity contribution in [1.82, 2.24) is 16.0 Å². The van der Waals surface area contributed by atoms with Gasteiger partial charge in [0, 0.05) is 29.4 Å².